The Morgan fingerprint density at radius 3 is 2.53 bits per heavy atom. The van der Waals surface area contributed by atoms with Crippen LogP contribution in [0.2, 0.25) is 0 Å². The van der Waals surface area contributed by atoms with Gasteiger partial charge in [0.25, 0.3) is 0 Å². The van der Waals surface area contributed by atoms with Crippen molar-refractivity contribution in [2.24, 2.45) is 10.2 Å². The number of azo groups is 1. The zero-order valence-electron chi connectivity index (χ0n) is 7.79. The minimum atomic E-state index is -0.893. The molecule has 0 aromatic heterocycles. The van der Waals surface area contributed by atoms with Gasteiger partial charge < -0.3 is 0 Å². The van der Waals surface area contributed by atoms with Crippen molar-refractivity contribution in [2.45, 2.75) is 6.04 Å². The van der Waals surface area contributed by atoms with E-state index in [1.54, 1.807) is 12.1 Å². The summed E-state index contributed by atoms with van der Waals surface area (Å²) in [6.45, 7) is 0. The first-order valence-electron chi connectivity index (χ1n) is 4.42. The number of hydrogen-bond acceptors (Lipinski definition) is 5. The maximum atomic E-state index is 11.2. The number of benzene rings is 1. The predicted molar refractivity (Wildman–Crippen MR) is 57.2 cm³/mol. The lowest BCUT2D eigenvalue weighted by Crippen LogP contribution is -2.18. The van der Waals surface area contributed by atoms with Gasteiger partial charge >= 0.3 is 0 Å². The van der Waals surface area contributed by atoms with Crippen molar-refractivity contribution in [3.63, 3.8) is 0 Å². The molecule has 1 saturated heterocycles. The smallest absolute Gasteiger partial charge is 0.223 e. The number of nitrogens with zero attached hydrogens (tertiary/aromatic N) is 2. The van der Waals surface area contributed by atoms with Crippen LogP contribution in [0.4, 0.5) is 5.69 Å². The van der Waals surface area contributed by atoms with Gasteiger partial charge in [0, 0.05) is 0 Å². The van der Waals surface area contributed by atoms with E-state index >= 15 is 0 Å². The molecule has 0 bridgehead atoms. The van der Waals surface area contributed by atoms with Gasteiger partial charge in [-0.25, -0.2) is 0 Å². The van der Waals surface area contributed by atoms with E-state index in [4.69, 9.17) is 0 Å². The first-order valence-corrected chi connectivity index (χ1v) is 5.41. The van der Waals surface area contributed by atoms with Crippen molar-refractivity contribution >= 4 is 28.3 Å². The summed E-state index contributed by atoms with van der Waals surface area (Å²) in [5.74, 6) is 0.0572. The minimum absolute atomic E-state index is 0.162. The lowest BCUT2D eigenvalue weighted by atomic mass is 10.2. The average Bonchev–Trinajstić information content (AvgIpc) is 2.58. The van der Waals surface area contributed by atoms with Gasteiger partial charge in [0.05, 0.1) is 11.4 Å². The van der Waals surface area contributed by atoms with Gasteiger partial charge in [-0.15, -0.1) is 0 Å². The van der Waals surface area contributed by atoms with Crippen molar-refractivity contribution < 1.29 is 9.59 Å². The average molecular weight is 220 g/mol. The van der Waals surface area contributed by atoms with E-state index in [0.717, 1.165) is 11.8 Å². The first kappa shape index (κ1) is 10.0. The molecule has 0 saturated carbocycles. The van der Waals surface area contributed by atoms with Crippen molar-refractivity contribution in [1.29, 1.82) is 0 Å². The zero-order chi connectivity index (χ0) is 10.7. The van der Waals surface area contributed by atoms with Crippen molar-refractivity contribution in [2.75, 3.05) is 5.75 Å². The number of thioether (sulfide) groups is 1. The Balaban J connectivity index is 2.12. The van der Waals surface area contributed by atoms with Gasteiger partial charge in [0.15, 0.2) is 11.8 Å². The number of carbonyl (C=O) groups is 2. The molecule has 0 spiro atoms. The summed E-state index contributed by atoms with van der Waals surface area (Å²) < 4.78 is 0. The van der Waals surface area contributed by atoms with Crippen LogP contribution in [0.1, 0.15) is 0 Å². The van der Waals surface area contributed by atoms with Gasteiger partial charge in [0.2, 0.25) is 5.12 Å². The molecule has 2 rings (SSSR count). The maximum absolute atomic E-state index is 11.2. The SMILES string of the molecule is O=C1CSC(=O)C1N=Nc1ccccc1. The molecule has 0 N–H and O–H groups in total. The molecule has 1 heterocycles. The number of Topliss-reactive ketones (excluding diaryl/α,β-unsaturated/α-hetero) is 1. The molecule has 0 amide bonds. The Labute approximate surface area is 90.8 Å². The summed E-state index contributed by atoms with van der Waals surface area (Å²) >= 11 is 1.01. The van der Waals surface area contributed by atoms with Gasteiger partial charge in [-0.05, 0) is 12.1 Å². The van der Waals surface area contributed by atoms with E-state index in [1.165, 1.54) is 0 Å². The van der Waals surface area contributed by atoms with E-state index in [-0.39, 0.29) is 16.7 Å². The molecular formula is C10H8N2O2S. The van der Waals surface area contributed by atoms with E-state index in [0.29, 0.717) is 5.69 Å². The second kappa shape index (κ2) is 4.35. The third kappa shape index (κ3) is 2.30. The molecule has 5 heteroatoms. The number of carbonyl (C=O) groups excluding carboxylic acids is 2. The summed E-state index contributed by atoms with van der Waals surface area (Å²) in [5.41, 5.74) is 0.648. The molecule has 1 atom stereocenters. The largest absolute Gasteiger partial charge is 0.296 e. The monoisotopic (exact) mass is 220 g/mol. The summed E-state index contributed by atoms with van der Waals surface area (Å²) in [5, 5.41) is 7.41. The third-order valence-electron chi connectivity index (χ3n) is 1.93. The molecule has 4 nitrogen and oxygen atoms in total. The second-order valence-electron chi connectivity index (χ2n) is 3.03. The van der Waals surface area contributed by atoms with Crippen LogP contribution in [0.5, 0.6) is 0 Å². The van der Waals surface area contributed by atoms with Crippen LogP contribution in [0.3, 0.4) is 0 Å². The summed E-state index contributed by atoms with van der Waals surface area (Å²) in [4.78, 5) is 22.4. The van der Waals surface area contributed by atoms with Gasteiger partial charge in [-0.1, -0.05) is 30.0 Å². The molecule has 1 aliphatic heterocycles. The third-order valence-corrected chi connectivity index (χ3v) is 2.87. The van der Waals surface area contributed by atoms with Crippen LogP contribution in [0.25, 0.3) is 0 Å². The highest BCUT2D eigenvalue weighted by Gasteiger charge is 2.33. The highest BCUT2D eigenvalue weighted by Crippen LogP contribution is 2.21. The maximum Gasteiger partial charge on any atom is 0.223 e. The van der Waals surface area contributed by atoms with Gasteiger partial charge in [-0.2, -0.15) is 10.2 Å². The fourth-order valence-corrected chi connectivity index (χ4v) is 1.94. The zero-order valence-corrected chi connectivity index (χ0v) is 8.61. The van der Waals surface area contributed by atoms with Crippen LogP contribution in [0, 0.1) is 0 Å². The van der Waals surface area contributed by atoms with Crippen LogP contribution in [-0.2, 0) is 9.59 Å². The molecule has 0 aliphatic carbocycles. The van der Waals surface area contributed by atoms with Crippen LogP contribution >= 0.6 is 11.8 Å². The van der Waals surface area contributed by atoms with Gasteiger partial charge in [-0.3, -0.25) is 9.59 Å². The van der Waals surface area contributed by atoms with Crippen molar-refractivity contribution in [3.05, 3.63) is 30.3 Å². The Bertz CT molecular complexity index is 401. The molecule has 15 heavy (non-hydrogen) atoms. The second-order valence-corrected chi connectivity index (χ2v) is 4.01. The fourth-order valence-electron chi connectivity index (χ4n) is 1.16. The molecule has 1 aromatic rings. The summed E-state index contributed by atoms with van der Waals surface area (Å²) in [6, 6.07) is 8.14. The van der Waals surface area contributed by atoms with Gasteiger partial charge in [0.1, 0.15) is 0 Å². The normalized spacial score (nSPS) is 21.5. The Hall–Kier alpha value is -1.49. The van der Waals surface area contributed by atoms with E-state index in [2.05, 4.69) is 10.2 Å². The summed E-state index contributed by atoms with van der Waals surface area (Å²) in [7, 11) is 0. The van der Waals surface area contributed by atoms with Crippen molar-refractivity contribution in [1.82, 2.24) is 0 Å². The number of ketones is 1. The molecule has 0 radical (unpaired) electrons. The topological polar surface area (TPSA) is 58.9 Å². The van der Waals surface area contributed by atoms with Crippen LogP contribution < -0.4 is 0 Å². The fraction of sp³-hybridized carbons (Fsp3) is 0.200. The quantitative estimate of drug-likeness (QED) is 0.565. The minimum Gasteiger partial charge on any atom is -0.296 e. The lowest BCUT2D eigenvalue weighted by Gasteiger charge is -1.95. The predicted octanol–water partition coefficient (Wildman–Crippen LogP) is 1.98. The highest BCUT2D eigenvalue weighted by molar-refractivity contribution is 8.15. The standard InChI is InChI=1S/C10H8N2O2S/c13-8-6-15-10(14)9(8)12-11-7-4-2-1-3-5-7/h1-5,9H,6H2. The molecule has 1 unspecified atom stereocenters. The molecule has 76 valence electrons. The van der Waals surface area contributed by atoms with Crippen molar-refractivity contribution in [3.8, 4) is 0 Å². The Morgan fingerprint density at radius 2 is 1.93 bits per heavy atom. The lowest BCUT2D eigenvalue weighted by molar-refractivity contribution is -0.121. The molecule has 1 aromatic carbocycles. The summed E-state index contributed by atoms with van der Waals surface area (Å²) in [6.07, 6.45) is 0. The Morgan fingerprint density at radius 1 is 1.20 bits per heavy atom. The molecule has 1 fully saturated rings. The highest BCUT2D eigenvalue weighted by atomic mass is 32.2. The van der Waals surface area contributed by atoms with E-state index < -0.39 is 6.04 Å². The molecule has 1 aliphatic rings. The number of hydrogen-bond donors (Lipinski definition) is 0. The number of rotatable bonds is 2. The van der Waals surface area contributed by atoms with Crippen LogP contribution in [0.15, 0.2) is 40.6 Å². The van der Waals surface area contributed by atoms with Crippen LogP contribution in [-0.4, -0.2) is 22.7 Å². The van der Waals surface area contributed by atoms with E-state index in [9.17, 15) is 9.59 Å². The Kier molecular flexibility index (Phi) is 2.91. The molecular weight excluding hydrogens is 212 g/mol. The van der Waals surface area contributed by atoms with E-state index in [1.807, 2.05) is 18.2 Å². The first-order chi connectivity index (χ1) is 7.27.